The molecule has 0 amide bonds. The van der Waals surface area contributed by atoms with Crippen LogP contribution in [-0.4, -0.2) is 20.2 Å². The first-order valence-corrected chi connectivity index (χ1v) is 3.60. The van der Waals surface area contributed by atoms with Gasteiger partial charge in [-0.3, -0.25) is 0 Å². The zero-order valence-electron chi connectivity index (χ0n) is 5.74. The fraction of sp³-hybridized carbons (Fsp3) is 0.600. The van der Waals surface area contributed by atoms with Crippen LogP contribution in [0.15, 0.2) is 0 Å². The van der Waals surface area contributed by atoms with E-state index < -0.39 is 0 Å². The molecule has 0 radical (unpaired) electrons. The van der Waals surface area contributed by atoms with Crippen LogP contribution in [0.1, 0.15) is 12.2 Å². The van der Waals surface area contributed by atoms with E-state index in [9.17, 15) is 0 Å². The molecule has 0 bridgehead atoms. The van der Waals surface area contributed by atoms with Gasteiger partial charge in [0.05, 0.1) is 24.9 Å². The maximum Gasteiger partial charge on any atom is 0.166 e. The Hall–Kier alpha value is -1.15. The average Bonchev–Trinajstić information content (AvgIpc) is 2.47. The van der Waals surface area contributed by atoms with Crippen LogP contribution in [0.25, 0.3) is 0 Å². The fourth-order valence-electron chi connectivity index (χ4n) is 0.649. The third-order valence-electron chi connectivity index (χ3n) is 1.16. The summed E-state index contributed by atoms with van der Waals surface area (Å²) < 4.78 is 1.52. The van der Waals surface area contributed by atoms with Crippen LogP contribution in [0.4, 0.5) is 0 Å². The molecular formula is C5H6ClN5. The third-order valence-corrected chi connectivity index (χ3v) is 1.40. The van der Waals surface area contributed by atoms with E-state index in [-0.39, 0.29) is 5.88 Å². The van der Waals surface area contributed by atoms with E-state index in [0.29, 0.717) is 18.8 Å². The molecule has 0 spiro atoms. The first-order chi connectivity index (χ1) is 5.38. The summed E-state index contributed by atoms with van der Waals surface area (Å²) in [6, 6.07) is 2.00. The summed E-state index contributed by atoms with van der Waals surface area (Å²) in [4.78, 5) is 0. The summed E-state index contributed by atoms with van der Waals surface area (Å²) in [5.41, 5.74) is 0. The van der Waals surface area contributed by atoms with Crippen molar-refractivity contribution in [3.8, 4) is 6.07 Å². The van der Waals surface area contributed by atoms with Gasteiger partial charge in [0.1, 0.15) is 0 Å². The lowest BCUT2D eigenvalue weighted by Gasteiger charge is -1.95. The number of hydrogen-bond donors (Lipinski definition) is 0. The molecule has 58 valence electrons. The Bertz CT molecular complexity index is 262. The Morgan fingerprint density at radius 3 is 3.09 bits per heavy atom. The second kappa shape index (κ2) is 3.88. The molecule has 0 aromatic carbocycles. The van der Waals surface area contributed by atoms with E-state index in [0.717, 1.165) is 0 Å². The lowest BCUT2D eigenvalue weighted by molar-refractivity contribution is 0.583. The number of nitrogens with zero attached hydrogens (tertiary/aromatic N) is 5. The summed E-state index contributed by atoms with van der Waals surface area (Å²) in [6.45, 7) is 0.506. The zero-order valence-corrected chi connectivity index (χ0v) is 6.49. The van der Waals surface area contributed by atoms with Crippen LogP contribution < -0.4 is 0 Å². The Kier molecular flexibility index (Phi) is 2.81. The molecule has 0 aliphatic rings. The normalized spacial score (nSPS) is 9.45. The molecule has 0 unspecified atom stereocenters. The Balaban J connectivity index is 2.62. The number of tetrazole rings is 1. The highest BCUT2D eigenvalue weighted by Gasteiger charge is 2.01. The summed E-state index contributed by atoms with van der Waals surface area (Å²) in [5.74, 6) is 0.875. The molecule has 6 heteroatoms. The molecular weight excluding hydrogens is 166 g/mol. The largest absolute Gasteiger partial charge is 0.227 e. The topological polar surface area (TPSA) is 67.4 Å². The molecule has 11 heavy (non-hydrogen) atoms. The first kappa shape index (κ1) is 7.95. The molecule has 1 aromatic heterocycles. The van der Waals surface area contributed by atoms with E-state index in [4.69, 9.17) is 16.9 Å². The number of rotatable bonds is 3. The minimum absolute atomic E-state index is 0.276. The van der Waals surface area contributed by atoms with Gasteiger partial charge in [0.15, 0.2) is 5.82 Å². The molecule has 0 atom stereocenters. The van der Waals surface area contributed by atoms with E-state index in [1.165, 1.54) is 4.68 Å². The highest BCUT2D eigenvalue weighted by atomic mass is 35.5. The number of nitriles is 1. The second-order valence-corrected chi connectivity index (χ2v) is 2.13. The number of hydrogen-bond acceptors (Lipinski definition) is 4. The van der Waals surface area contributed by atoms with Gasteiger partial charge in [0.2, 0.25) is 0 Å². The van der Waals surface area contributed by atoms with E-state index in [1.54, 1.807) is 0 Å². The van der Waals surface area contributed by atoms with Crippen molar-refractivity contribution in [1.29, 1.82) is 5.26 Å². The Morgan fingerprint density at radius 1 is 1.64 bits per heavy atom. The minimum atomic E-state index is 0.276. The number of aryl methyl sites for hydroxylation is 1. The Morgan fingerprint density at radius 2 is 2.45 bits per heavy atom. The zero-order chi connectivity index (χ0) is 8.10. The van der Waals surface area contributed by atoms with Gasteiger partial charge in [-0.1, -0.05) is 0 Å². The van der Waals surface area contributed by atoms with Crippen LogP contribution in [0.5, 0.6) is 0 Å². The van der Waals surface area contributed by atoms with Gasteiger partial charge in [-0.25, -0.2) is 4.68 Å². The van der Waals surface area contributed by atoms with Gasteiger partial charge in [-0.05, 0) is 10.4 Å². The fourth-order valence-corrected chi connectivity index (χ4v) is 0.840. The maximum absolute atomic E-state index is 8.26. The number of aromatic nitrogens is 4. The van der Waals surface area contributed by atoms with Gasteiger partial charge < -0.3 is 0 Å². The van der Waals surface area contributed by atoms with Crippen molar-refractivity contribution < 1.29 is 0 Å². The summed E-state index contributed by atoms with van der Waals surface area (Å²) in [5, 5.41) is 19.0. The van der Waals surface area contributed by atoms with Crippen molar-refractivity contribution in [1.82, 2.24) is 20.2 Å². The molecule has 0 N–H and O–H groups in total. The predicted octanol–water partition coefficient (Wildman–Crippen LogP) is 0.326. The van der Waals surface area contributed by atoms with Crippen molar-refractivity contribution in [2.24, 2.45) is 0 Å². The molecule has 1 rings (SSSR count). The second-order valence-electron chi connectivity index (χ2n) is 1.86. The SMILES string of the molecule is N#CCCn1nnnc1CCl. The maximum atomic E-state index is 8.26. The molecule has 0 saturated heterocycles. The van der Waals surface area contributed by atoms with Crippen LogP contribution >= 0.6 is 11.6 Å². The minimum Gasteiger partial charge on any atom is -0.227 e. The van der Waals surface area contributed by atoms with Crippen LogP contribution in [-0.2, 0) is 12.4 Å². The van der Waals surface area contributed by atoms with Gasteiger partial charge >= 0.3 is 0 Å². The average molecular weight is 172 g/mol. The van der Waals surface area contributed by atoms with Crippen molar-refractivity contribution >= 4 is 11.6 Å². The van der Waals surface area contributed by atoms with Crippen molar-refractivity contribution in [3.63, 3.8) is 0 Å². The summed E-state index contributed by atoms with van der Waals surface area (Å²) >= 11 is 5.51. The molecule has 0 aliphatic carbocycles. The summed E-state index contributed by atoms with van der Waals surface area (Å²) in [7, 11) is 0. The van der Waals surface area contributed by atoms with Crippen LogP contribution in [0.3, 0.4) is 0 Å². The summed E-state index contributed by atoms with van der Waals surface area (Å²) in [6.07, 6.45) is 0.398. The van der Waals surface area contributed by atoms with Gasteiger partial charge in [-0.15, -0.1) is 16.7 Å². The lowest BCUT2D eigenvalue weighted by atomic mass is 10.5. The van der Waals surface area contributed by atoms with Crippen molar-refractivity contribution in [2.45, 2.75) is 18.8 Å². The van der Waals surface area contributed by atoms with Crippen LogP contribution in [0.2, 0.25) is 0 Å². The molecule has 5 nitrogen and oxygen atoms in total. The quantitative estimate of drug-likeness (QED) is 0.615. The van der Waals surface area contributed by atoms with Crippen molar-refractivity contribution in [2.75, 3.05) is 0 Å². The smallest absolute Gasteiger partial charge is 0.166 e. The highest BCUT2D eigenvalue weighted by Crippen LogP contribution is 1.97. The molecule has 1 aromatic rings. The van der Waals surface area contributed by atoms with E-state index >= 15 is 0 Å². The monoisotopic (exact) mass is 171 g/mol. The predicted molar refractivity (Wildman–Crippen MR) is 37.6 cm³/mol. The van der Waals surface area contributed by atoms with Crippen molar-refractivity contribution in [3.05, 3.63) is 5.82 Å². The molecule has 1 heterocycles. The first-order valence-electron chi connectivity index (χ1n) is 3.06. The lowest BCUT2D eigenvalue weighted by Crippen LogP contribution is -2.03. The van der Waals surface area contributed by atoms with Gasteiger partial charge in [0, 0.05) is 0 Å². The highest BCUT2D eigenvalue weighted by molar-refractivity contribution is 6.16. The number of alkyl halides is 1. The van der Waals surface area contributed by atoms with E-state index in [2.05, 4.69) is 15.5 Å². The number of halogens is 1. The Labute approximate surface area is 68.6 Å². The van der Waals surface area contributed by atoms with Gasteiger partial charge in [-0.2, -0.15) is 5.26 Å². The van der Waals surface area contributed by atoms with E-state index in [1.807, 2.05) is 6.07 Å². The van der Waals surface area contributed by atoms with Gasteiger partial charge in [0.25, 0.3) is 0 Å². The third kappa shape index (κ3) is 1.88. The molecule has 0 aliphatic heterocycles. The molecule has 0 fully saturated rings. The van der Waals surface area contributed by atoms with Crippen LogP contribution in [0, 0.1) is 11.3 Å². The molecule has 0 saturated carbocycles. The standard InChI is InChI=1S/C5H6ClN5/c6-4-5-8-9-10-11(5)3-1-2-7/h1,3-4H2.